The maximum atomic E-state index is 13.5. The quantitative estimate of drug-likeness (QED) is 0.452. The molecule has 1 saturated heterocycles. The van der Waals surface area contributed by atoms with Gasteiger partial charge in [0.2, 0.25) is 5.91 Å². The van der Waals surface area contributed by atoms with Crippen LogP contribution in [-0.2, 0) is 15.6 Å². The minimum Gasteiger partial charge on any atom is -0.507 e. The van der Waals surface area contributed by atoms with Crippen molar-refractivity contribution in [2.45, 2.75) is 58.3 Å². The number of phenolic OH excluding ortho intramolecular Hbond substituents is 1. The highest BCUT2D eigenvalue weighted by Crippen LogP contribution is 2.40. The molecule has 0 saturated carbocycles. The second kappa shape index (κ2) is 10.5. The van der Waals surface area contributed by atoms with E-state index in [0.29, 0.717) is 12.1 Å². The molecular weight excluding hydrogens is 506 g/mol. The summed E-state index contributed by atoms with van der Waals surface area (Å²) in [6.07, 6.45) is 0. The summed E-state index contributed by atoms with van der Waals surface area (Å²) in [5.41, 5.74) is 2.17. The van der Waals surface area contributed by atoms with E-state index < -0.39 is 11.8 Å². The number of ketones is 1. The first-order chi connectivity index (χ1) is 15.8. The molecule has 1 heterocycles. The Hall–Kier alpha value is -2.67. The maximum Gasteiger partial charge on any atom is 0.225 e. The lowest BCUT2D eigenvalue weighted by Gasteiger charge is -2.28. The lowest BCUT2D eigenvalue weighted by atomic mass is 9.78. The van der Waals surface area contributed by atoms with Gasteiger partial charge >= 0.3 is 0 Å². The van der Waals surface area contributed by atoms with Crippen molar-refractivity contribution in [3.05, 3.63) is 64.7 Å². The molecule has 2 aromatic carbocycles. The highest BCUT2D eigenvalue weighted by Gasteiger charge is 2.43. The minimum atomic E-state index is -0.442. The first kappa shape index (κ1) is 28.6. The van der Waals surface area contributed by atoms with Crippen molar-refractivity contribution < 1.29 is 14.7 Å². The summed E-state index contributed by atoms with van der Waals surface area (Å²) < 4.78 is 0. The van der Waals surface area contributed by atoms with E-state index in [-0.39, 0.29) is 57.6 Å². The van der Waals surface area contributed by atoms with Crippen LogP contribution in [-0.4, -0.2) is 47.7 Å². The number of Topliss-reactive ketones (excluding diaryl/α,β-unsaturated/α-hetero) is 1. The Morgan fingerprint density at radius 1 is 1.03 bits per heavy atom. The molecule has 7 heteroatoms. The van der Waals surface area contributed by atoms with Crippen molar-refractivity contribution in [3.63, 3.8) is 0 Å². The van der Waals surface area contributed by atoms with Gasteiger partial charge in [0.25, 0.3) is 0 Å². The Morgan fingerprint density at radius 2 is 1.54 bits per heavy atom. The molecule has 3 N–H and O–H groups in total. The van der Waals surface area contributed by atoms with Gasteiger partial charge < -0.3 is 15.3 Å². The summed E-state index contributed by atoms with van der Waals surface area (Å²) in [6, 6.07) is 13.1. The van der Waals surface area contributed by atoms with Gasteiger partial charge in [-0.2, -0.15) is 0 Å². The number of carbonyl (C=O) groups is 2. The number of phenols is 1. The third kappa shape index (κ3) is 5.95. The fourth-order valence-corrected chi connectivity index (χ4v) is 4.65. The standard InChI is InChI=1S/C28H37N3O3.BrH/c1-27(2,3)20-13-18(14-21(24(20)33)28(4,5)6)22(32)16-31-15-19(26(34)30-7)23(25(31)29)17-11-9-8-10-12-17;/h8-14,19,23,29,33H,15-16H2,1-7H3,(H,30,34);1H. The number of hydrogen-bond acceptors (Lipinski definition) is 4. The molecule has 0 aromatic heterocycles. The molecule has 1 amide bonds. The topological polar surface area (TPSA) is 93.5 Å². The van der Waals surface area contributed by atoms with Gasteiger partial charge in [-0.1, -0.05) is 71.9 Å². The second-order valence-corrected chi connectivity index (χ2v) is 11.2. The van der Waals surface area contributed by atoms with Gasteiger partial charge in [0, 0.05) is 30.3 Å². The second-order valence-electron chi connectivity index (χ2n) is 11.2. The smallest absolute Gasteiger partial charge is 0.225 e. The normalized spacial score (nSPS) is 18.3. The van der Waals surface area contributed by atoms with Gasteiger partial charge in [-0.25, -0.2) is 0 Å². The first-order valence-corrected chi connectivity index (χ1v) is 11.8. The molecule has 0 spiro atoms. The zero-order valence-electron chi connectivity index (χ0n) is 21.7. The van der Waals surface area contributed by atoms with E-state index in [4.69, 9.17) is 5.41 Å². The van der Waals surface area contributed by atoms with E-state index in [1.165, 1.54) is 0 Å². The number of nitrogens with one attached hydrogen (secondary N) is 2. The van der Waals surface area contributed by atoms with Crippen LogP contribution in [0.3, 0.4) is 0 Å². The van der Waals surface area contributed by atoms with Crippen LogP contribution in [0.4, 0.5) is 0 Å². The van der Waals surface area contributed by atoms with Crippen LogP contribution >= 0.6 is 17.0 Å². The van der Waals surface area contributed by atoms with Crippen molar-refractivity contribution in [2.24, 2.45) is 5.92 Å². The molecule has 0 aliphatic carbocycles. The highest BCUT2D eigenvalue weighted by molar-refractivity contribution is 8.93. The van der Waals surface area contributed by atoms with Gasteiger partial charge in [0.1, 0.15) is 11.6 Å². The zero-order valence-corrected chi connectivity index (χ0v) is 23.4. The SMILES string of the molecule is Br.CNC(=O)C1CN(CC(=O)c2cc(C(C)(C)C)c(O)c(C(C)(C)C)c2)C(=N)C1c1ccccc1. The van der Waals surface area contributed by atoms with Gasteiger partial charge in [0.15, 0.2) is 5.78 Å². The molecule has 0 bridgehead atoms. The molecule has 6 nitrogen and oxygen atoms in total. The number of halogens is 1. The molecule has 1 aliphatic rings. The molecule has 3 rings (SSSR count). The van der Waals surface area contributed by atoms with Crippen LogP contribution in [0.2, 0.25) is 0 Å². The van der Waals surface area contributed by atoms with E-state index in [2.05, 4.69) is 5.32 Å². The summed E-state index contributed by atoms with van der Waals surface area (Å²) in [6.45, 7) is 12.4. The average molecular weight is 545 g/mol. The van der Waals surface area contributed by atoms with Gasteiger partial charge in [-0.15, -0.1) is 17.0 Å². The number of amidine groups is 1. The van der Waals surface area contributed by atoms with Crippen LogP contribution in [0.5, 0.6) is 5.75 Å². The third-order valence-corrected chi connectivity index (χ3v) is 6.58. The van der Waals surface area contributed by atoms with Crippen LogP contribution < -0.4 is 5.32 Å². The molecule has 2 unspecified atom stereocenters. The van der Waals surface area contributed by atoms with Crippen molar-refractivity contribution in [1.82, 2.24) is 10.2 Å². The molecule has 0 radical (unpaired) electrons. The number of amides is 1. The molecule has 1 aliphatic heterocycles. The molecule has 2 atom stereocenters. The van der Waals surface area contributed by atoms with Crippen molar-refractivity contribution in [3.8, 4) is 5.75 Å². The first-order valence-electron chi connectivity index (χ1n) is 11.8. The van der Waals surface area contributed by atoms with Crippen LogP contribution in [0.25, 0.3) is 0 Å². The van der Waals surface area contributed by atoms with E-state index in [0.717, 1.165) is 16.7 Å². The summed E-state index contributed by atoms with van der Waals surface area (Å²) in [4.78, 5) is 27.8. The molecule has 1 fully saturated rings. The summed E-state index contributed by atoms with van der Waals surface area (Å²) in [5.74, 6) is -0.603. The summed E-state index contributed by atoms with van der Waals surface area (Å²) >= 11 is 0. The molecule has 190 valence electrons. The van der Waals surface area contributed by atoms with E-state index >= 15 is 0 Å². The predicted molar refractivity (Wildman–Crippen MR) is 146 cm³/mol. The number of rotatable bonds is 5. The lowest BCUT2D eigenvalue weighted by molar-refractivity contribution is -0.124. The number of carbonyl (C=O) groups excluding carboxylic acids is 2. The molecular formula is C28H38BrN3O3. The van der Waals surface area contributed by atoms with Crippen LogP contribution in [0.1, 0.15) is 74.5 Å². The fourth-order valence-electron chi connectivity index (χ4n) is 4.65. The third-order valence-electron chi connectivity index (χ3n) is 6.58. The summed E-state index contributed by atoms with van der Waals surface area (Å²) in [7, 11) is 1.60. The molecule has 35 heavy (non-hydrogen) atoms. The van der Waals surface area contributed by atoms with Gasteiger partial charge in [-0.3, -0.25) is 15.0 Å². The fraction of sp³-hybridized carbons (Fsp3) is 0.464. The summed E-state index contributed by atoms with van der Waals surface area (Å²) in [5, 5.41) is 22.5. The Morgan fingerprint density at radius 3 is 2.00 bits per heavy atom. The predicted octanol–water partition coefficient (Wildman–Crippen LogP) is 5.19. The molecule has 2 aromatic rings. The number of benzene rings is 2. The Kier molecular flexibility index (Phi) is 8.59. The largest absolute Gasteiger partial charge is 0.507 e. The van der Waals surface area contributed by atoms with Gasteiger partial charge in [-0.05, 0) is 28.5 Å². The number of hydrogen-bond donors (Lipinski definition) is 3. The Bertz CT molecular complexity index is 1070. The number of aromatic hydroxyl groups is 1. The van der Waals surface area contributed by atoms with Crippen molar-refractivity contribution >= 4 is 34.5 Å². The van der Waals surface area contributed by atoms with Crippen molar-refractivity contribution in [2.75, 3.05) is 20.1 Å². The van der Waals surface area contributed by atoms with Crippen LogP contribution in [0, 0.1) is 11.3 Å². The Balaban J connectivity index is 0.00000432. The maximum absolute atomic E-state index is 13.5. The van der Waals surface area contributed by atoms with Gasteiger partial charge in [0.05, 0.1) is 18.4 Å². The zero-order chi connectivity index (χ0) is 25.4. The lowest BCUT2D eigenvalue weighted by Crippen LogP contribution is -2.34. The van der Waals surface area contributed by atoms with E-state index in [9.17, 15) is 14.7 Å². The average Bonchev–Trinajstić information content (AvgIpc) is 3.08. The Labute approximate surface area is 219 Å². The number of likely N-dealkylation sites (tertiary alicyclic amines) is 1. The minimum absolute atomic E-state index is 0. The van der Waals surface area contributed by atoms with Crippen LogP contribution in [0.15, 0.2) is 42.5 Å². The number of nitrogens with zero attached hydrogens (tertiary/aromatic N) is 1. The van der Waals surface area contributed by atoms with E-state index in [1.807, 2.05) is 71.9 Å². The monoisotopic (exact) mass is 543 g/mol. The van der Waals surface area contributed by atoms with E-state index in [1.54, 1.807) is 24.1 Å². The van der Waals surface area contributed by atoms with Crippen molar-refractivity contribution in [1.29, 1.82) is 5.41 Å². The highest BCUT2D eigenvalue weighted by atomic mass is 79.9.